The summed E-state index contributed by atoms with van der Waals surface area (Å²) in [7, 11) is 0. The van der Waals surface area contributed by atoms with Crippen molar-refractivity contribution >= 4 is 23.6 Å². The van der Waals surface area contributed by atoms with Gasteiger partial charge in [0.2, 0.25) is 0 Å². The number of ether oxygens (including phenoxy) is 1. The molecule has 3 rings (SSSR count). The SMILES string of the molecule is CSc1ncc(C(=O)OCC(=O)NC2CCCC2)n1-c1ccc(F)cc1. The summed E-state index contributed by atoms with van der Waals surface area (Å²) < 4.78 is 19.9. The molecule has 1 N–H and O–H groups in total. The topological polar surface area (TPSA) is 73.2 Å². The Morgan fingerprint density at radius 2 is 2.00 bits per heavy atom. The second-order valence-corrected chi connectivity index (χ2v) is 6.84. The van der Waals surface area contributed by atoms with Crippen molar-refractivity contribution in [2.75, 3.05) is 12.9 Å². The molecule has 1 aromatic carbocycles. The standard InChI is InChI=1S/C18H20FN3O3S/c1-26-18-20-10-15(22(18)14-8-6-12(19)7-9-14)17(24)25-11-16(23)21-13-4-2-3-5-13/h6-10,13H,2-5,11H2,1H3,(H,21,23). The number of esters is 1. The van der Waals surface area contributed by atoms with Crippen LogP contribution in [0, 0.1) is 5.82 Å². The van der Waals surface area contributed by atoms with Crippen LogP contribution in [0.25, 0.3) is 5.69 Å². The van der Waals surface area contributed by atoms with Crippen LogP contribution in [0.2, 0.25) is 0 Å². The van der Waals surface area contributed by atoms with Gasteiger partial charge >= 0.3 is 5.97 Å². The lowest BCUT2D eigenvalue weighted by atomic mass is 10.2. The van der Waals surface area contributed by atoms with E-state index in [9.17, 15) is 14.0 Å². The first-order valence-corrected chi connectivity index (χ1v) is 9.65. The van der Waals surface area contributed by atoms with Gasteiger partial charge in [0, 0.05) is 11.7 Å². The number of carbonyl (C=O) groups is 2. The molecule has 1 heterocycles. The van der Waals surface area contributed by atoms with Crippen molar-refractivity contribution in [3.05, 3.63) is 42.0 Å². The molecule has 0 aliphatic heterocycles. The molecular weight excluding hydrogens is 357 g/mol. The van der Waals surface area contributed by atoms with E-state index in [1.54, 1.807) is 16.7 Å². The van der Waals surface area contributed by atoms with Crippen LogP contribution in [0.4, 0.5) is 4.39 Å². The molecule has 1 saturated carbocycles. The lowest BCUT2D eigenvalue weighted by molar-refractivity contribution is -0.124. The molecular formula is C18H20FN3O3S. The minimum absolute atomic E-state index is 0.175. The van der Waals surface area contributed by atoms with Crippen molar-refractivity contribution in [1.82, 2.24) is 14.9 Å². The van der Waals surface area contributed by atoms with Gasteiger partial charge in [0.1, 0.15) is 5.82 Å². The van der Waals surface area contributed by atoms with Crippen LogP contribution in [-0.4, -0.2) is 40.3 Å². The lowest BCUT2D eigenvalue weighted by Crippen LogP contribution is -2.36. The summed E-state index contributed by atoms with van der Waals surface area (Å²) >= 11 is 1.35. The number of hydrogen-bond acceptors (Lipinski definition) is 5. The van der Waals surface area contributed by atoms with E-state index in [2.05, 4.69) is 10.3 Å². The molecule has 0 saturated heterocycles. The van der Waals surface area contributed by atoms with E-state index in [0.29, 0.717) is 10.8 Å². The number of aromatic nitrogens is 2. The van der Waals surface area contributed by atoms with E-state index in [0.717, 1.165) is 25.7 Å². The van der Waals surface area contributed by atoms with E-state index >= 15 is 0 Å². The zero-order chi connectivity index (χ0) is 18.5. The van der Waals surface area contributed by atoms with Gasteiger partial charge in [-0.05, 0) is 43.4 Å². The molecule has 1 aromatic heterocycles. The highest BCUT2D eigenvalue weighted by molar-refractivity contribution is 7.98. The molecule has 0 radical (unpaired) electrons. The van der Waals surface area contributed by atoms with Crippen LogP contribution in [0.3, 0.4) is 0 Å². The quantitative estimate of drug-likeness (QED) is 0.619. The van der Waals surface area contributed by atoms with Gasteiger partial charge in [-0.2, -0.15) is 0 Å². The van der Waals surface area contributed by atoms with Gasteiger partial charge in [-0.1, -0.05) is 24.6 Å². The normalized spacial score (nSPS) is 14.4. The van der Waals surface area contributed by atoms with Gasteiger partial charge in [0.15, 0.2) is 17.5 Å². The first kappa shape index (κ1) is 18.4. The Labute approximate surface area is 155 Å². The third-order valence-electron chi connectivity index (χ3n) is 4.26. The Bertz CT molecular complexity index is 785. The van der Waals surface area contributed by atoms with Crippen molar-refractivity contribution < 1.29 is 18.7 Å². The monoisotopic (exact) mass is 377 g/mol. The number of amides is 1. The fourth-order valence-corrected chi connectivity index (χ4v) is 3.55. The predicted molar refractivity (Wildman–Crippen MR) is 96.0 cm³/mol. The van der Waals surface area contributed by atoms with Crippen molar-refractivity contribution in [3.8, 4) is 5.69 Å². The predicted octanol–water partition coefficient (Wildman–Crippen LogP) is 2.95. The Balaban J connectivity index is 1.70. The van der Waals surface area contributed by atoms with Gasteiger partial charge in [-0.3, -0.25) is 9.36 Å². The average Bonchev–Trinajstić information content (AvgIpc) is 3.29. The van der Waals surface area contributed by atoms with E-state index in [-0.39, 0.29) is 30.1 Å². The molecule has 6 nitrogen and oxygen atoms in total. The third kappa shape index (κ3) is 4.24. The highest BCUT2D eigenvalue weighted by atomic mass is 32.2. The molecule has 2 aromatic rings. The van der Waals surface area contributed by atoms with Gasteiger partial charge in [-0.25, -0.2) is 14.2 Å². The van der Waals surface area contributed by atoms with Crippen LogP contribution < -0.4 is 5.32 Å². The van der Waals surface area contributed by atoms with E-state index in [4.69, 9.17) is 4.74 Å². The van der Waals surface area contributed by atoms with E-state index in [1.165, 1.54) is 30.1 Å². The Morgan fingerprint density at radius 3 is 2.65 bits per heavy atom. The zero-order valence-corrected chi connectivity index (χ0v) is 15.2. The molecule has 26 heavy (non-hydrogen) atoms. The number of halogens is 1. The first-order valence-electron chi connectivity index (χ1n) is 8.42. The Hall–Kier alpha value is -2.35. The van der Waals surface area contributed by atoms with Crippen molar-refractivity contribution in [3.63, 3.8) is 0 Å². The van der Waals surface area contributed by atoms with Crippen LogP contribution in [0.15, 0.2) is 35.6 Å². The summed E-state index contributed by atoms with van der Waals surface area (Å²) in [4.78, 5) is 28.6. The Kier molecular flexibility index (Phi) is 5.92. The van der Waals surface area contributed by atoms with Gasteiger partial charge in [0.05, 0.1) is 6.20 Å². The molecule has 1 fully saturated rings. The molecule has 0 spiro atoms. The maximum absolute atomic E-state index is 13.2. The summed E-state index contributed by atoms with van der Waals surface area (Å²) in [5.74, 6) is -1.32. The fraction of sp³-hybridized carbons (Fsp3) is 0.389. The number of hydrogen-bond donors (Lipinski definition) is 1. The number of rotatable bonds is 6. The third-order valence-corrected chi connectivity index (χ3v) is 4.91. The highest BCUT2D eigenvalue weighted by Gasteiger charge is 2.21. The van der Waals surface area contributed by atoms with Gasteiger partial charge in [-0.15, -0.1) is 0 Å². The maximum Gasteiger partial charge on any atom is 0.357 e. The van der Waals surface area contributed by atoms with Crippen LogP contribution in [0.1, 0.15) is 36.2 Å². The summed E-state index contributed by atoms with van der Waals surface area (Å²) in [6.45, 7) is -0.335. The lowest BCUT2D eigenvalue weighted by Gasteiger charge is -2.13. The van der Waals surface area contributed by atoms with E-state index < -0.39 is 5.97 Å². The number of carbonyl (C=O) groups excluding carboxylic acids is 2. The van der Waals surface area contributed by atoms with Crippen LogP contribution in [0.5, 0.6) is 0 Å². The smallest absolute Gasteiger partial charge is 0.357 e. The first-order chi connectivity index (χ1) is 12.6. The minimum Gasteiger partial charge on any atom is -0.451 e. The molecule has 1 aliphatic carbocycles. The molecule has 1 amide bonds. The number of nitrogens with zero attached hydrogens (tertiary/aromatic N) is 2. The van der Waals surface area contributed by atoms with Gasteiger partial charge < -0.3 is 10.1 Å². The Morgan fingerprint density at radius 1 is 1.31 bits per heavy atom. The molecule has 0 bridgehead atoms. The average molecular weight is 377 g/mol. The fourth-order valence-electron chi connectivity index (χ4n) is 3.01. The van der Waals surface area contributed by atoms with Gasteiger partial charge in [0.25, 0.3) is 5.91 Å². The van der Waals surface area contributed by atoms with Crippen molar-refractivity contribution in [2.45, 2.75) is 36.9 Å². The summed E-state index contributed by atoms with van der Waals surface area (Å²) in [6, 6.07) is 5.91. The number of imidazole rings is 1. The molecule has 138 valence electrons. The van der Waals surface area contributed by atoms with Crippen LogP contribution in [-0.2, 0) is 9.53 Å². The molecule has 1 aliphatic rings. The molecule has 8 heteroatoms. The van der Waals surface area contributed by atoms with Crippen molar-refractivity contribution in [1.29, 1.82) is 0 Å². The summed E-state index contributed by atoms with van der Waals surface area (Å²) in [5, 5.41) is 3.44. The number of thioether (sulfide) groups is 1. The summed E-state index contributed by atoms with van der Waals surface area (Å²) in [6.07, 6.45) is 7.37. The summed E-state index contributed by atoms with van der Waals surface area (Å²) in [5.41, 5.74) is 0.783. The highest BCUT2D eigenvalue weighted by Crippen LogP contribution is 2.22. The largest absolute Gasteiger partial charge is 0.451 e. The second kappa shape index (κ2) is 8.35. The number of benzene rings is 1. The number of nitrogens with one attached hydrogen (secondary N) is 1. The maximum atomic E-state index is 13.2. The van der Waals surface area contributed by atoms with E-state index in [1.807, 2.05) is 6.26 Å². The minimum atomic E-state index is -0.649. The van der Waals surface area contributed by atoms with Crippen molar-refractivity contribution in [2.24, 2.45) is 0 Å². The van der Waals surface area contributed by atoms with Crippen LogP contribution >= 0.6 is 11.8 Å². The molecule has 0 atom stereocenters. The molecule has 0 unspecified atom stereocenters. The zero-order valence-electron chi connectivity index (χ0n) is 14.4. The second-order valence-electron chi connectivity index (χ2n) is 6.07.